The number of hydrogen-bond acceptors (Lipinski definition) is 5. The fraction of sp³-hybridized carbons (Fsp3) is 0.417. The maximum atomic E-state index is 12.8. The number of likely N-dealkylation sites (tertiary alicyclic amines) is 1. The lowest BCUT2D eigenvalue weighted by Crippen LogP contribution is -2.48. The first kappa shape index (κ1) is 19.9. The van der Waals surface area contributed by atoms with Gasteiger partial charge in [0.2, 0.25) is 5.91 Å². The van der Waals surface area contributed by atoms with Crippen LogP contribution >= 0.6 is 0 Å². The number of Topliss-reactive ketones (excluding diaryl/α,β-unsaturated/α-hetero) is 1. The van der Waals surface area contributed by atoms with E-state index in [2.05, 4.69) is 9.89 Å². The van der Waals surface area contributed by atoms with Crippen molar-refractivity contribution in [2.75, 3.05) is 32.7 Å². The van der Waals surface area contributed by atoms with Gasteiger partial charge in [-0.15, -0.1) is 0 Å². The maximum absolute atomic E-state index is 12.8. The van der Waals surface area contributed by atoms with Crippen LogP contribution in [0.4, 0.5) is 0 Å². The third-order valence-corrected chi connectivity index (χ3v) is 6.48. The van der Waals surface area contributed by atoms with Crippen LogP contribution in [0.2, 0.25) is 0 Å². The zero-order valence-electron chi connectivity index (χ0n) is 17.4. The summed E-state index contributed by atoms with van der Waals surface area (Å²) in [6.07, 6.45) is 0.950. The maximum Gasteiger partial charge on any atom is 0.250 e. The zero-order chi connectivity index (χ0) is 21.4. The SMILES string of the molecule is O=C(CC(=O)N1CCN=C1c1ccccc1)CN1CC2CC(C1)c1cccc(=O)n1C2. The molecule has 2 aromatic rings. The summed E-state index contributed by atoms with van der Waals surface area (Å²) in [6, 6.07) is 15.1. The van der Waals surface area contributed by atoms with Gasteiger partial charge in [-0.25, -0.2) is 0 Å². The number of nitrogens with zero attached hydrogens (tertiary/aromatic N) is 4. The normalized spacial score (nSPS) is 22.7. The fourth-order valence-electron chi connectivity index (χ4n) is 5.22. The van der Waals surface area contributed by atoms with E-state index >= 15 is 0 Å². The van der Waals surface area contributed by atoms with Gasteiger partial charge in [0, 0.05) is 49.4 Å². The Kier molecular flexibility index (Phi) is 5.28. The number of ketones is 1. The molecule has 3 aliphatic heterocycles. The van der Waals surface area contributed by atoms with Crippen LogP contribution in [0.1, 0.15) is 30.0 Å². The number of pyridine rings is 1. The number of piperidine rings is 1. The summed E-state index contributed by atoms with van der Waals surface area (Å²) in [5, 5.41) is 0. The molecule has 3 aliphatic rings. The molecule has 160 valence electrons. The van der Waals surface area contributed by atoms with Crippen molar-refractivity contribution in [3.8, 4) is 0 Å². The number of aromatic nitrogens is 1. The molecule has 31 heavy (non-hydrogen) atoms. The third kappa shape index (κ3) is 3.97. The Balaban J connectivity index is 1.21. The average Bonchev–Trinajstić information content (AvgIpc) is 3.25. The molecule has 1 aromatic heterocycles. The van der Waals surface area contributed by atoms with Crippen LogP contribution in [0.5, 0.6) is 0 Å². The van der Waals surface area contributed by atoms with Gasteiger partial charge in [-0.2, -0.15) is 0 Å². The van der Waals surface area contributed by atoms with Gasteiger partial charge in [0.1, 0.15) is 5.84 Å². The van der Waals surface area contributed by atoms with Crippen LogP contribution in [0.3, 0.4) is 0 Å². The standard InChI is InChI=1S/C24H26N4O3/c29-20(12-23(31)27-10-9-25-24(27)18-5-2-1-3-6-18)16-26-13-17-11-19(15-26)21-7-4-8-22(30)28(21)14-17/h1-8,17,19H,9-16H2. The molecular formula is C24H26N4O3. The number of amides is 1. The highest BCUT2D eigenvalue weighted by Crippen LogP contribution is 2.34. The first-order valence-electron chi connectivity index (χ1n) is 10.9. The summed E-state index contributed by atoms with van der Waals surface area (Å²) in [4.78, 5) is 46.0. The van der Waals surface area contributed by atoms with E-state index in [0.29, 0.717) is 31.4 Å². The number of carbonyl (C=O) groups excluding carboxylic acids is 2. The molecule has 4 heterocycles. The Morgan fingerprint density at radius 2 is 1.84 bits per heavy atom. The van der Waals surface area contributed by atoms with E-state index in [0.717, 1.165) is 30.8 Å². The highest BCUT2D eigenvalue weighted by atomic mass is 16.2. The van der Waals surface area contributed by atoms with Gasteiger partial charge in [0.15, 0.2) is 5.78 Å². The van der Waals surface area contributed by atoms with Crippen molar-refractivity contribution < 1.29 is 9.59 Å². The summed E-state index contributed by atoms with van der Waals surface area (Å²) in [7, 11) is 0. The second-order valence-electron chi connectivity index (χ2n) is 8.72. The van der Waals surface area contributed by atoms with Crippen LogP contribution in [-0.4, -0.2) is 64.6 Å². The number of fused-ring (bicyclic) bond motifs is 4. The van der Waals surface area contributed by atoms with E-state index < -0.39 is 0 Å². The van der Waals surface area contributed by atoms with Crippen LogP contribution in [0.25, 0.3) is 0 Å². The molecule has 1 saturated heterocycles. The molecule has 7 heteroatoms. The number of benzene rings is 1. The van der Waals surface area contributed by atoms with Crippen molar-refractivity contribution >= 4 is 17.5 Å². The van der Waals surface area contributed by atoms with Crippen LogP contribution < -0.4 is 5.56 Å². The van der Waals surface area contributed by atoms with Crippen LogP contribution in [-0.2, 0) is 16.1 Å². The van der Waals surface area contributed by atoms with Crippen molar-refractivity contribution in [3.05, 3.63) is 70.1 Å². The number of amidine groups is 1. The van der Waals surface area contributed by atoms with Crippen molar-refractivity contribution in [1.82, 2.24) is 14.4 Å². The van der Waals surface area contributed by atoms with E-state index in [1.807, 2.05) is 47.0 Å². The zero-order valence-corrected chi connectivity index (χ0v) is 17.4. The predicted octanol–water partition coefficient (Wildman–Crippen LogP) is 1.52. The van der Waals surface area contributed by atoms with Crippen LogP contribution in [0, 0.1) is 5.92 Å². The molecule has 0 radical (unpaired) electrons. The van der Waals surface area contributed by atoms with Gasteiger partial charge in [-0.3, -0.25) is 29.2 Å². The molecule has 2 unspecified atom stereocenters. The Hall–Kier alpha value is -3.06. The minimum absolute atomic E-state index is 0.0591. The second kappa shape index (κ2) is 8.23. The second-order valence-corrected chi connectivity index (χ2v) is 8.72. The molecule has 1 fully saturated rings. The van der Waals surface area contributed by atoms with Gasteiger partial charge in [-0.05, 0) is 18.4 Å². The Bertz CT molecular complexity index is 1090. The number of rotatable bonds is 5. The summed E-state index contributed by atoms with van der Waals surface area (Å²) < 4.78 is 1.89. The molecule has 0 spiro atoms. The minimum atomic E-state index is -0.181. The van der Waals surface area contributed by atoms with Crippen LogP contribution in [0.15, 0.2) is 58.3 Å². The molecule has 0 aliphatic carbocycles. The molecule has 2 atom stereocenters. The highest BCUT2D eigenvalue weighted by Gasteiger charge is 2.35. The smallest absolute Gasteiger partial charge is 0.250 e. The minimum Gasteiger partial charge on any atom is -0.312 e. The summed E-state index contributed by atoms with van der Waals surface area (Å²) >= 11 is 0. The highest BCUT2D eigenvalue weighted by molar-refractivity contribution is 6.12. The molecule has 1 amide bonds. The van der Waals surface area contributed by atoms with Crippen molar-refractivity contribution in [2.45, 2.75) is 25.3 Å². The molecule has 1 aromatic carbocycles. The first-order valence-corrected chi connectivity index (χ1v) is 10.9. The molecule has 5 rings (SSSR count). The van der Waals surface area contributed by atoms with Gasteiger partial charge in [0.05, 0.1) is 19.5 Å². The van der Waals surface area contributed by atoms with Gasteiger partial charge < -0.3 is 4.57 Å². The lowest BCUT2D eigenvalue weighted by atomic mass is 9.83. The molecule has 0 N–H and O–H groups in total. The van der Waals surface area contributed by atoms with Crippen molar-refractivity contribution in [3.63, 3.8) is 0 Å². The van der Waals surface area contributed by atoms with E-state index in [9.17, 15) is 14.4 Å². The quantitative estimate of drug-likeness (QED) is 0.690. The van der Waals surface area contributed by atoms with Crippen molar-refractivity contribution in [1.29, 1.82) is 0 Å². The number of carbonyl (C=O) groups is 2. The molecule has 2 bridgehead atoms. The number of hydrogen-bond donors (Lipinski definition) is 0. The summed E-state index contributed by atoms with van der Waals surface area (Å²) in [5.74, 6) is 1.05. The first-order chi connectivity index (χ1) is 15.1. The monoisotopic (exact) mass is 418 g/mol. The van der Waals surface area contributed by atoms with Gasteiger partial charge in [-0.1, -0.05) is 36.4 Å². The van der Waals surface area contributed by atoms with Crippen molar-refractivity contribution in [2.24, 2.45) is 10.9 Å². The Morgan fingerprint density at radius 1 is 1.00 bits per heavy atom. The van der Waals surface area contributed by atoms with Gasteiger partial charge in [0.25, 0.3) is 5.56 Å². The van der Waals surface area contributed by atoms with Gasteiger partial charge >= 0.3 is 0 Å². The largest absolute Gasteiger partial charge is 0.312 e. The predicted molar refractivity (Wildman–Crippen MR) is 117 cm³/mol. The molecular weight excluding hydrogens is 392 g/mol. The Labute approximate surface area is 181 Å². The third-order valence-electron chi connectivity index (χ3n) is 6.48. The lowest BCUT2D eigenvalue weighted by Gasteiger charge is -2.42. The summed E-state index contributed by atoms with van der Waals surface area (Å²) in [5.41, 5.74) is 2.03. The average molecular weight is 418 g/mol. The lowest BCUT2D eigenvalue weighted by molar-refractivity contribution is -0.132. The molecule has 0 saturated carbocycles. The van der Waals surface area contributed by atoms with E-state index in [4.69, 9.17) is 0 Å². The van der Waals surface area contributed by atoms with E-state index in [1.54, 1.807) is 11.0 Å². The summed E-state index contributed by atoms with van der Waals surface area (Å²) in [6.45, 7) is 3.62. The molecule has 7 nitrogen and oxygen atoms in total. The number of aliphatic imine (C=N–C) groups is 1. The van der Waals surface area contributed by atoms with E-state index in [1.165, 1.54) is 0 Å². The fourth-order valence-corrected chi connectivity index (χ4v) is 5.22. The topological polar surface area (TPSA) is 75.0 Å². The Morgan fingerprint density at radius 3 is 2.68 bits per heavy atom. The van der Waals surface area contributed by atoms with E-state index in [-0.39, 0.29) is 36.1 Å².